The number of pyridine rings is 1. The normalized spacial score (nSPS) is 27.7. The standard InChI is InChI=1S/C19H24N4O3.ClH/c1-25-19(16-7-13(18(20)24)8-21-9-16)14-3-2-4-15(19)11-23(10-14)12-17-22-5-6-26-17;/h5-9,14-15H,2-4,10-12H2,1H3,(H2,20,24);1H. The van der Waals surface area contributed by atoms with E-state index in [0.717, 1.165) is 37.4 Å². The molecule has 27 heavy (non-hydrogen) atoms. The van der Waals surface area contributed by atoms with Crippen molar-refractivity contribution in [2.45, 2.75) is 31.4 Å². The van der Waals surface area contributed by atoms with Crippen LogP contribution in [-0.2, 0) is 16.9 Å². The predicted octanol–water partition coefficient (Wildman–Crippen LogP) is 2.36. The van der Waals surface area contributed by atoms with Crippen LogP contribution in [0.4, 0.5) is 0 Å². The van der Waals surface area contributed by atoms with Crippen LogP contribution in [0.2, 0.25) is 0 Å². The number of carbonyl (C=O) groups is 1. The molecule has 0 aromatic carbocycles. The number of amides is 1. The monoisotopic (exact) mass is 392 g/mol. The van der Waals surface area contributed by atoms with E-state index in [4.69, 9.17) is 14.9 Å². The van der Waals surface area contributed by atoms with Crippen molar-refractivity contribution in [3.63, 3.8) is 0 Å². The van der Waals surface area contributed by atoms with Crippen LogP contribution >= 0.6 is 12.4 Å². The SMILES string of the molecule is COC1(c2cncc(C(N)=O)c2)C2CCCC1CN(Cc1ncco1)C2.Cl. The third-order valence-electron chi connectivity index (χ3n) is 5.93. The molecule has 1 saturated heterocycles. The minimum absolute atomic E-state index is 0. The molecule has 2 fully saturated rings. The number of methoxy groups -OCH3 is 1. The zero-order chi connectivity index (χ0) is 18.1. The lowest BCUT2D eigenvalue weighted by Crippen LogP contribution is -2.58. The lowest BCUT2D eigenvalue weighted by molar-refractivity contribution is -0.171. The first-order valence-corrected chi connectivity index (χ1v) is 9.04. The summed E-state index contributed by atoms with van der Waals surface area (Å²) in [4.78, 5) is 22.5. The molecule has 4 rings (SSSR count). The summed E-state index contributed by atoms with van der Waals surface area (Å²) < 4.78 is 11.6. The van der Waals surface area contributed by atoms with Gasteiger partial charge in [0.1, 0.15) is 11.9 Å². The minimum atomic E-state index is -0.461. The van der Waals surface area contributed by atoms with Crippen LogP contribution in [0.15, 0.2) is 35.3 Å². The summed E-state index contributed by atoms with van der Waals surface area (Å²) in [6.07, 6.45) is 9.98. The second-order valence-electron chi connectivity index (χ2n) is 7.27. The van der Waals surface area contributed by atoms with E-state index in [0.29, 0.717) is 23.9 Å². The van der Waals surface area contributed by atoms with E-state index in [1.807, 2.05) is 12.3 Å². The largest absolute Gasteiger partial charge is 0.448 e. The van der Waals surface area contributed by atoms with Crippen molar-refractivity contribution in [1.82, 2.24) is 14.9 Å². The zero-order valence-corrected chi connectivity index (χ0v) is 16.2. The van der Waals surface area contributed by atoms with Crippen molar-refractivity contribution in [1.29, 1.82) is 0 Å². The van der Waals surface area contributed by atoms with Crippen molar-refractivity contribution < 1.29 is 13.9 Å². The van der Waals surface area contributed by atoms with Gasteiger partial charge in [-0.1, -0.05) is 6.42 Å². The van der Waals surface area contributed by atoms with Crippen LogP contribution in [0, 0.1) is 11.8 Å². The molecular formula is C19H25ClN4O3. The van der Waals surface area contributed by atoms with Crippen LogP contribution in [0.1, 0.15) is 41.1 Å². The summed E-state index contributed by atoms with van der Waals surface area (Å²) >= 11 is 0. The number of hydrogen-bond donors (Lipinski definition) is 1. The van der Waals surface area contributed by atoms with Gasteiger partial charge in [0.05, 0.1) is 18.3 Å². The Morgan fingerprint density at radius 1 is 1.37 bits per heavy atom. The number of nitrogens with zero attached hydrogens (tertiary/aromatic N) is 3. The number of oxazole rings is 1. The third-order valence-corrected chi connectivity index (χ3v) is 5.93. The van der Waals surface area contributed by atoms with Gasteiger partial charge in [-0.2, -0.15) is 0 Å². The first-order valence-electron chi connectivity index (χ1n) is 9.04. The van der Waals surface area contributed by atoms with Crippen molar-refractivity contribution in [2.24, 2.45) is 17.6 Å². The fraction of sp³-hybridized carbons (Fsp3) is 0.526. The first-order chi connectivity index (χ1) is 12.6. The number of carbonyl (C=O) groups excluding carboxylic acids is 1. The number of hydrogen-bond acceptors (Lipinski definition) is 6. The van der Waals surface area contributed by atoms with E-state index in [1.165, 1.54) is 12.6 Å². The molecule has 1 amide bonds. The topological polar surface area (TPSA) is 94.5 Å². The molecule has 2 N–H and O–H groups in total. The third kappa shape index (κ3) is 3.47. The van der Waals surface area contributed by atoms with E-state index in [2.05, 4.69) is 14.9 Å². The van der Waals surface area contributed by atoms with Crippen molar-refractivity contribution in [3.8, 4) is 0 Å². The Labute approximate surface area is 164 Å². The molecule has 2 aliphatic rings. The highest BCUT2D eigenvalue weighted by molar-refractivity contribution is 5.92. The summed E-state index contributed by atoms with van der Waals surface area (Å²) in [5.74, 6) is 0.919. The zero-order valence-electron chi connectivity index (χ0n) is 15.3. The summed E-state index contributed by atoms with van der Waals surface area (Å²) in [6.45, 7) is 2.50. The second kappa shape index (κ2) is 7.96. The van der Waals surface area contributed by atoms with Crippen LogP contribution in [0.3, 0.4) is 0 Å². The maximum atomic E-state index is 11.6. The van der Waals surface area contributed by atoms with Gasteiger partial charge in [-0.15, -0.1) is 12.4 Å². The van der Waals surface area contributed by atoms with Crippen LogP contribution in [0.5, 0.6) is 0 Å². The van der Waals surface area contributed by atoms with Crippen LogP contribution < -0.4 is 5.73 Å². The van der Waals surface area contributed by atoms with Gasteiger partial charge in [-0.05, 0) is 18.9 Å². The van der Waals surface area contributed by atoms with Gasteiger partial charge in [0.2, 0.25) is 11.8 Å². The number of fused-ring (bicyclic) bond motifs is 2. The number of nitrogens with two attached hydrogens (primary N) is 1. The summed E-state index contributed by atoms with van der Waals surface area (Å²) in [5.41, 5.74) is 6.43. The highest BCUT2D eigenvalue weighted by Gasteiger charge is 2.53. The van der Waals surface area contributed by atoms with Gasteiger partial charge in [0.25, 0.3) is 0 Å². The quantitative estimate of drug-likeness (QED) is 0.839. The molecule has 2 bridgehead atoms. The average Bonchev–Trinajstić information content (AvgIpc) is 3.14. The van der Waals surface area contributed by atoms with E-state index < -0.39 is 11.5 Å². The molecule has 0 spiro atoms. The fourth-order valence-electron chi connectivity index (χ4n) is 4.89. The Morgan fingerprint density at radius 3 is 2.70 bits per heavy atom. The molecule has 2 atom stereocenters. The Bertz CT molecular complexity index is 769. The van der Waals surface area contributed by atoms with E-state index in [9.17, 15) is 4.79 Å². The van der Waals surface area contributed by atoms with Gasteiger partial charge >= 0.3 is 0 Å². The number of halogens is 1. The van der Waals surface area contributed by atoms with Crippen LogP contribution in [0.25, 0.3) is 0 Å². The van der Waals surface area contributed by atoms with E-state index in [1.54, 1.807) is 19.6 Å². The highest BCUT2D eigenvalue weighted by Crippen LogP contribution is 2.51. The first kappa shape index (κ1) is 19.8. The number of primary amides is 1. The number of aromatic nitrogens is 2. The number of piperidine rings is 1. The summed E-state index contributed by atoms with van der Waals surface area (Å²) in [7, 11) is 1.77. The van der Waals surface area contributed by atoms with Gasteiger partial charge < -0.3 is 14.9 Å². The molecule has 1 aliphatic carbocycles. The van der Waals surface area contributed by atoms with Crippen molar-refractivity contribution in [3.05, 3.63) is 47.9 Å². The van der Waals surface area contributed by atoms with Gasteiger partial charge in [0, 0.05) is 50.0 Å². The van der Waals surface area contributed by atoms with E-state index >= 15 is 0 Å². The van der Waals surface area contributed by atoms with Crippen molar-refractivity contribution >= 4 is 18.3 Å². The Hall–Kier alpha value is -1.96. The Kier molecular flexibility index (Phi) is 5.83. The lowest BCUT2D eigenvalue weighted by atomic mass is 9.62. The molecular weight excluding hydrogens is 368 g/mol. The second-order valence-corrected chi connectivity index (χ2v) is 7.27. The molecule has 1 saturated carbocycles. The highest BCUT2D eigenvalue weighted by atomic mass is 35.5. The van der Waals surface area contributed by atoms with Crippen molar-refractivity contribution in [2.75, 3.05) is 20.2 Å². The molecule has 146 valence electrons. The molecule has 2 unspecified atom stereocenters. The molecule has 2 aromatic heterocycles. The average molecular weight is 393 g/mol. The fourth-order valence-corrected chi connectivity index (χ4v) is 4.89. The number of rotatable bonds is 5. The maximum Gasteiger partial charge on any atom is 0.250 e. The molecule has 7 nitrogen and oxygen atoms in total. The summed E-state index contributed by atoms with van der Waals surface area (Å²) in [6, 6.07) is 1.86. The Balaban J connectivity index is 0.00000210. The van der Waals surface area contributed by atoms with Gasteiger partial charge in [0.15, 0.2) is 0 Å². The van der Waals surface area contributed by atoms with E-state index in [-0.39, 0.29) is 12.4 Å². The number of likely N-dealkylation sites (tertiary alicyclic amines) is 1. The minimum Gasteiger partial charge on any atom is -0.448 e. The molecule has 8 heteroatoms. The summed E-state index contributed by atoms with van der Waals surface area (Å²) in [5, 5.41) is 0. The van der Waals surface area contributed by atoms with Crippen LogP contribution in [-0.4, -0.2) is 41.0 Å². The predicted molar refractivity (Wildman–Crippen MR) is 101 cm³/mol. The lowest BCUT2D eigenvalue weighted by Gasteiger charge is -2.55. The van der Waals surface area contributed by atoms with Gasteiger partial charge in [-0.3, -0.25) is 14.7 Å². The molecule has 2 aromatic rings. The maximum absolute atomic E-state index is 11.6. The Morgan fingerprint density at radius 2 is 2.11 bits per heavy atom. The van der Waals surface area contributed by atoms with Gasteiger partial charge in [-0.25, -0.2) is 4.98 Å². The molecule has 3 heterocycles. The number of ether oxygens (including phenoxy) is 1. The molecule has 1 aliphatic heterocycles. The molecule has 0 radical (unpaired) electrons. The smallest absolute Gasteiger partial charge is 0.250 e.